The van der Waals surface area contributed by atoms with Crippen LogP contribution in [0.5, 0.6) is 0 Å². The van der Waals surface area contributed by atoms with Crippen LogP contribution < -0.4 is 0 Å². The molecule has 0 fully saturated rings. The Bertz CT molecular complexity index is 581. The summed E-state index contributed by atoms with van der Waals surface area (Å²) in [6, 6.07) is 7.11. The van der Waals surface area contributed by atoms with Crippen LogP contribution in [0.3, 0.4) is 0 Å². The zero-order valence-corrected chi connectivity index (χ0v) is 9.90. The second-order valence-corrected chi connectivity index (χ2v) is 4.05. The van der Waals surface area contributed by atoms with Crippen molar-refractivity contribution >= 4 is 17.6 Å². The van der Waals surface area contributed by atoms with Crippen molar-refractivity contribution in [3.8, 4) is 11.1 Å². The lowest BCUT2D eigenvalue weighted by molar-refractivity contribution is 0.0697. The summed E-state index contributed by atoms with van der Waals surface area (Å²) in [5.41, 5.74) is 2.49. The molecule has 2 aromatic rings. The minimum Gasteiger partial charge on any atom is -0.478 e. The topological polar surface area (TPSA) is 50.2 Å². The molecule has 17 heavy (non-hydrogen) atoms. The first-order valence-corrected chi connectivity index (χ1v) is 5.42. The van der Waals surface area contributed by atoms with E-state index in [-0.39, 0.29) is 5.56 Å². The van der Waals surface area contributed by atoms with Crippen molar-refractivity contribution in [3.63, 3.8) is 0 Å². The van der Waals surface area contributed by atoms with E-state index in [1.807, 2.05) is 13.0 Å². The molecule has 86 valence electrons. The number of carboxylic acids is 1. The normalized spacial score (nSPS) is 10.2. The lowest BCUT2D eigenvalue weighted by Gasteiger charge is -2.09. The Hall–Kier alpha value is -1.87. The number of aromatic nitrogens is 1. The highest BCUT2D eigenvalue weighted by Crippen LogP contribution is 2.30. The predicted octanol–water partition coefficient (Wildman–Crippen LogP) is 3.41. The molecule has 0 atom stereocenters. The molecule has 0 spiro atoms. The molecule has 2 rings (SSSR count). The highest BCUT2D eigenvalue weighted by Gasteiger charge is 2.13. The van der Waals surface area contributed by atoms with Crippen molar-refractivity contribution < 1.29 is 9.90 Å². The monoisotopic (exact) mass is 247 g/mol. The number of rotatable bonds is 2. The lowest BCUT2D eigenvalue weighted by Crippen LogP contribution is -2.01. The highest BCUT2D eigenvalue weighted by atomic mass is 35.5. The van der Waals surface area contributed by atoms with Crippen molar-refractivity contribution in [3.05, 3.63) is 52.8 Å². The van der Waals surface area contributed by atoms with Gasteiger partial charge in [-0.1, -0.05) is 23.7 Å². The van der Waals surface area contributed by atoms with Gasteiger partial charge >= 0.3 is 5.97 Å². The summed E-state index contributed by atoms with van der Waals surface area (Å²) in [6.07, 6.45) is 2.92. The van der Waals surface area contributed by atoms with Gasteiger partial charge in [0.25, 0.3) is 0 Å². The number of hydrogen-bond acceptors (Lipinski definition) is 2. The third-order valence-electron chi connectivity index (χ3n) is 2.61. The first kappa shape index (κ1) is 11.6. The zero-order valence-electron chi connectivity index (χ0n) is 9.14. The van der Waals surface area contributed by atoms with E-state index in [2.05, 4.69) is 4.98 Å². The maximum atomic E-state index is 11.1. The Morgan fingerprint density at radius 1 is 1.29 bits per heavy atom. The number of halogens is 1. The molecule has 1 heterocycles. The standard InChI is InChI=1S/C13H10ClNO2/c1-8-9(3-2-4-12(8)14)10-5-6-15-7-11(10)13(16)17/h2-7H,1H3,(H,16,17). The Morgan fingerprint density at radius 3 is 2.76 bits per heavy atom. The van der Waals surface area contributed by atoms with E-state index in [4.69, 9.17) is 16.7 Å². The summed E-state index contributed by atoms with van der Waals surface area (Å²) in [7, 11) is 0. The fraction of sp³-hybridized carbons (Fsp3) is 0.0769. The summed E-state index contributed by atoms with van der Waals surface area (Å²) < 4.78 is 0. The van der Waals surface area contributed by atoms with Gasteiger partial charge in [-0.05, 0) is 35.7 Å². The molecule has 1 aromatic carbocycles. The highest BCUT2D eigenvalue weighted by molar-refractivity contribution is 6.31. The van der Waals surface area contributed by atoms with Gasteiger partial charge in [0.15, 0.2) is 0 Å². The van der Waals surface area contributed by atoms with Crippen LogP contribution >= 0.6 is 11.6 Å². The van der Waals surface area contributed by atoms with Crippen molar-refractivity contribution in [1.82, 2.24) is 4.98 Å². The molecular weight excluding hydrogens is 238 g/mol. The van der Waals surface area contributed by atoms with Gasteiger partial charge in [0, 0.05) is 17.4 Å². The minimum atomic E-state index is -0.993. The van der Waals surface area contributed by atoms with Crippen LogP contribution in [0.15, 0.2) is 36.7 Å². The van der Waals surface area contributed by atoms with E-state index < -0.39 is 5.97 Å². The molecule has 0 aliphatic carbocycles. The quantitative estimate of drug-likeness (QED) is 0.885. The van der Waals surface area contributed by atoms with Gasteiger partial charge < -0.3 is 5.11 Å². The summed E-state index contributed by atoms with van der Waals surface area (Å²) in [4.78, 5) is 14.9. The van der Waals surface area contributed by atoms with Gasteiger partial charge in [-0.15, -0.1) is 0 Å². The molecule has 0 aliphatic heterocycles. The first-order chi connectivity index (χ1) is 8.11. The van der Waals surface area contributed by atoms with E-state index in [0.29, 0.717) is 10.6 Å². The fourth-order valence-electron chi connectivity index (χ4n) is 1.70. The minimum absolute atomic E-state index is 0.179. The molecule has 0 saturated carbocycles. The summed E-state index contributed by atoms with van der Waals surface area (Å²) in [6.45, 7) is 1.86. The smallest absolute Gasteiger partial charge is 0.337 e. The number of pyridine rings is 1. The second kappa shape index (κ2) is 4.55. The molecule has 0 saturated heterocycles. The van der Waals surface area contributed by atoms with Gasteiger partial charge in [-0.25, -0.2) is 4.79 Å². The Balaban J connectivity index is 2.69. The van der Waals surface area contributed by atoms with Gasteiger partial charge in [0.1, 0.15) is 0 Å². The Morgan fingerprint density at radius 2 is 2.06 bits per heavy atom. The van der Waals surface area contributed by atoms with Crippen LogP contribution in [0.4, 0.5) is 0 Å². The first-order valence-electron chi connectivity index (χ1n) is 5.04. The lowest BCUT2D eigenvalue weighted by atomic mass is 9.98. The average molecular weight is 248 g/mol. The van der Waals surface area contributed by atoms with Crippen molar-refractivity contribution in [2.45, 2.75) is 6.92 Å². The maximum Gasteiger partial charge on any atom is 0.337 e. The van der Waals surface area contributed by atoms with Gasteiger partial charge in [-0.2, -0.15) is 0 Å². The number of carbonyl (C=O) groups is 1. The van der Waals surface area contributed by atoms with Crippen LogP contribution in [-0.2, 0) is 0 Å². The SMILES string of the molecule is Cc1c(Cl)cccc1-c1ccncc1C(=O)O. The fourth-order valence-corrected chi connectivity index (χ4v) is 1.87. The molecule has 1 N–H and O–H groups in total. The van der Waals surface area contributed by atoms with E-state index in [1.165, 1.54) is 6.20 Å². The molecule has 0 bridgehead atoms. The van der Waals surface area contributed by atoms with Gasteiger partial charge in [-0.3, -0.25) is 4.98 Å². The van der Waals surface area contributed by atoms with E-state index in [9.17, 15) is 4.79 Å². The van der Waals surface area contributed by atoms with Crippen molar-refractivity contribution in [2.75, 3.05) is 0 Å². The zero-order chi connectivity index (χ0) is 12.4. The van der Waals surface area contributed by atoms with Crippen molar-refractivity contribution in [2.24, 2.45) is 0 Å². The summed E-state index contributed by atoms with van der Waals surface area (Å²) in [5, 5.41) is 9.74. The van der Waals surface area contributed by atoms with Gasteiger partial charge in [0.05, 0.1) is 5.56 Å². The van der Waals surface area contributed by atoms with Crippen molar-refractivity contribution in [1.29, 1.82) is 0 Å². The molecule has 0 amide bonds. The third kappa shape index (κ3) is 2.15. The number of aromatic carboxylic acids is 1. The second-order valence-electron chi connectivity index (χ2n) is 3.64. The number of hydrogen-bond donors (Lipinski definition) is 1. The van der Waals surface area contributed by atoms with Crippen LogP contribution in [0.25, 0.3) is 11.1 Å². The number of nitrogens with zero attached hydrogens (tertiary/aromatic N) is 1. The molecule has 0 radical (unpaired) electrons. The summed E-state index contributed by atoms with van der Waals surface area (Å²) in [5.74, 6) is -0.993. The van der Waals surface area contributed by atoms with E-state index in [0.717, 1.165) is 11.1 Å². The van der Waals surface area contributed by atoms with Crippen LogP contribution in [0.2, 0.25) is 5.02 Å². The van der Waals surface area contributed by atoms with Crippen LogP contribution in [0, 0.1) is 6.92 Å². The Kier molecular flexibility index (Phi) is 3.11. The Labute approximate surface area is 104 Å². The third-order valence-corrected chi connectivity index (χ3v) is 3.02. The number of benzene rings is 1. The molecule has 1 aromatic heterocycles. The molecule has 0 aliphatic rings. The molecular formula is C13H10ClNO2. The maximum absolute atomic E-state index is 11.1. The molecule has 3 nitrogen and oxygen atoms in total. The van der Waals surface area contributed by atoms with Crippen LogP contribution in [0.1, 0.15) is 15.9 Å². The number of carboxylic acid groups (broad SMARTS) is 1. The molecule has 4 heteroatoms. The predicted molar refractivity (Wildman–Crippen MR) is 66.4 cm³/mol. The average Bonchev–Trinajstić information content (AvgIpc) is 2.33. The van der Waals surface area contributed by atoms with E-state index >= 15 is 0 Å². The van der Waals surface area contributed by atoms with Gasteiger partial charge in [0.2, 0.25) is 0 Å². The largest absolute Gasteiger partial charge is 0.478 e. The summed E-state index contributed by atoms with van der Waals surface area (Å²) >= 11 is 6.03. The molecule has 0 unspecified atom stereocenters. The van der Waals surface area contributed by atoms with Crippen LogP contribution in [-0.4, -0.2) is 16.1 Å². The van der Waals surface area contributed by atoms with E-state index in [1.54, 1.807) is 24.4 Å².